The van der Waals surface area contributed by atoms with Crippen LogP contribution in [0.3, 0.4) is 0 Å². The van der Waals surface area contributed by atoms with E-state index in [1.165, 1.54) is 7.11 Å². The molecule has 0 aliphatic carbocycles. The first-order valence-corrected chi connectivity index (χ1v) is 5.61. The Labute approximate surface area is 105 Å². The summed E-state index contributed by atoms with van der Waals surface area (Å²) in [6.07, 6.45) is 1.65. The molecule has 0 aliphatic rings. The predicted octanol–water partition coefficient (Wildman–Crippen LogP) is 0.819. The molecule has 2 aromatic rings. The van der Waals surface area contributed by atoms with Gasteiger partial charge < -0.3 is 19.7 Å². The van der Waals surface area contributed by atoms with Crippen LogP contribution in [0.5, 0.6) is 11.5 Å². The minimum absolute atomic E-state index is 0.172. The van der Waals surface area contributed by atoms with E-state index in [1.807, 2.05) is 23.7 Å². The summed E-state index contributed by atoms with van der Waals surface area (Å²) < 4.78 is 6.90. The predicted molar refractivity (Wildman–Crippen MR) is 66.2 cm³/mol. The maximum absolute atomic E-state index is 9.90. The largest absolute Gasteiger partial charge is 0.504 e. The number of aryl methyl sites for hydroxylation is 1. The van der Waals surface area contributed by atoms with Gasteiger partial charge in [-0.25, -0.2) is 0 Å². The van der Waals surface area contributed by atoms with Gasteiger partial charge in [-0.3, -0.25) is 0 Å². The number of aromatic hydroxyl groups is 1. The molecule has 1 aromatic heterocycles. The Bertz CT molecular complexity index is 525. The topological polar surface area (TPSA) is 72.2 Å². The van der Waals surface area contributed by atoms with Crippen molar-refractivity contribution < 1.29 is 9.84 Å². The maximum atomic E-state index is 9.90. The highest BCUT2D eigenvalue weighted by Crippen LogP contribution is 2.29. The monoisotopic (exact) mass is 248 g/mol. The van der Waals surface area contributed by atoms with Crippen LogP contribution in [-0.2, 0) is 20.1 Å². The summed E-state index contributed by atoms with van der Waals surface area (Å²) in [7, 11) is 3.42. The van der Waals surface area contributed by atoms with Crippen LogP contribution in [0.1, 0.15) is 11.4 Å². The van der Waals surface area contributed by atoms with Crippen molar-refractivity contribution in [3.8, 4) is 11.5 Å². The number of methoxy groups -OCH3 is 1. The van der Waals surface area contributed by atoms with Crippen LogP contribution in [-0.4, -0.2) is 27.0 Å². The maximum Gasteiger partial charge on any atom is 0.162 e. The summed E-state index contributed by atoms with van der Waals surface area (Å²) >= 11 is 0. The summed E-state index contributed by atoms with van der Waals surface area (Å²) in [6, 6.07) is 5.42. The third kappa shape index (κ3) is 2.60. The third-order valence-corrected chi connectivity index (χ3v) is 2.71. The molecule has 0 atom stereocenters. The number of benzene rings is 1. The average molecular weight is 248 g/mol. The molecule has 0 unspecified atom stereocenters. The fraction of sp³-hybridized carbons (Fsp3) is 0.333. The minimum atomic E-state index is 0.172. The molecule has 1 aromatic carbocycles. The first-order valence-electron chi connectivity index (χ1n) is 5.61. The first-order chi connectivity index (χ1) is 8.72. The summed E-state index contributed by atoms with van der Waals surface area (Å²) in [4.78, 5) is 0. The van der Waals surface area contributed by atoms with Crippen molar-refractivity contribution in [3.05, 3.63) is 35.9 Å². The van der Waals surface area contributed by atoms with E-state index in [0.717, 1.165) is 11.4 Å². The Kier molecular flexibility index (Phi) is 3.78. The van der Waals surface area contributed by atoms with Gasteiger partial charge in [0.2, 0.25) is 0 Å². The number of hydrogen-bond acceptors (Lipinski definition) is 5. The molecule has 0 radical (unpaired) electrons. The number of phenols is 1. The van der Waals surface area contributed by atoms with E-state index in [1.54, 1.807) is 12.4 Å². The second-order valence-corrected chi connectivity index (χ2v) is 3.93. The van der Waals surface area contributed by atoms with Gasteiger partial charge in [0.15, 0.2) is 11.5 Å². The molecule has 96 valence electrons. The zero-order valence-electron chi connectivity index (χ0n) is 10.4. The van der Waals surface area contributed by atoms with Crippen LogP contribution in [0.2, 0.25) is 0 Å². The Hall–Kier alpha value is -2.08. The molecule has 0 amide bonds. The summed E-state index contributed by atoms with van der Waals surface area (Å²) in [6.45, 7) is 1.13. The van der Waals surface area contributed by atoms with Gasteiger partial charge in [0.05, 0.1) is 13.7 Å². The Balaban J connectivity index is 1.96. The highest BCUT2D eigenvalue weighted by Gasteiger charge is 2.07. The zero-order valence-corrected chi connectivity index (χ0v) is 10.4. The number of nitrogens with one attached hydrogen (secondary N) is 1. The number of nitrogens with zero attached hydrogens (tertiary/aromatic N) is 3. The summed E-state index contributed by atoms with van der Waals surface area (Å²) in [5, 5.41) is 20.9. The second kappa shape index (κ2) is 5.50. The van der Waals surface area contributed by atoms with E-state index in [4.69, 9.17) is 4.74 Å². The molecule has 6 nitrogen and oxygen atoms in total. The van der Waals surface area contributed by atoms with Crippen molar-refractivity contribution in [1.82, 2.24) is 20.1 Å². The molecule has 2 N–H and O–H groups in total. The summed E-state index contributed by atoms with van der Waals surface area (Å²) in [5.74, 6) is 1.50. The lowest BCUT2D eigenvalue weighted by Gasteiger charge is -2.09. The highest BCUT2D eigenvalue weighted by atomic mass is 16.5. The molecule has 0 fully saturated rings. The van der Waals surface area contributed by atoms with Crippen molar-refractivity contribution in [2.24, 2.45) is 7.05 Å². The SMILES string of the molecule is COc1cccc(CNCc2nncn2C)c1O. The number of para-hydroxylation sites is 1. The number of aromatic nitrogens is 3. The van der Waals surface area contributed by atoms with Crippen LogP contribution in [0.4, 0.5) is 0 Å². The number of phenolic OH excluding ortho intramolecular Hbond substituents is 1. The van der Waals surface area contributed by atoms with Crippen LogP contribution < -0.4 is 10.1 Å². The fourth-order valence-electron chi connectivity index (χ4n) is 1.65. The van der Waals surface area contributed by atoms with Crippen molar-refractivity contribution in [1.29, 1.82) is 0 Å². The van der Waals surface area contributed by atoms with Crippen molar-refractivity contribution in [2.75, 3.05) is 7.11 Å². The molecule has 6 heteroatoms. The lowest BCUT2D eigenvalue weighted by atomic mass is 10.2. The summed E-state index contributed by atoms with van der Waals surface area (Å²) in [5.41, 5.74) is 0.788. The molecule has 0 bridgehead atoms. The lowest BCUT2D eigenvalue weighted by molar-refractivity contribution is 0.369. The van der Waals surface area contributed by atoms with Gasteiger partial charge in [0, 0.05) is 19.2 Å². The first kappa shape index (κ1) is 12.4. The minimum Gasteiger partial charge on any atom is -0.504 e. The molecule has 0 saturated heterocycles. The van der Waals surface area contributed by atoms with Crippen molar-refractivity contribution >= 4 is 0 Å². The lowest BCUT2D eigenvalue weighted by Crippen LogP contribution is -2.15. The molecular formula is C12H16N4O2. The van der Waals surface area contributed by atoms with Crippen molar-refractivity contribution in [2.45, 2.75) is 13.1 Å². The normalized spacial score (nSPS) is 10.6. The van der Waals surface area contributed by atoms with Gasteiger partial charge >= 0.3 is 0 Å². The van der Waals surface area contributed by atoms with E-state index in [0.29, 0.717) is 18.8 Å². The van der Waals surface area contributed by atoms with Crippen LogP contribution >= 0.6 is 0 Å². The van der Waals surface area contributed by atoms with Gasteiger partial charge in [-0.1, -0.05) is 12.1 Å². The fourth-order valence-corrected chi connectivity index (χ4v) is 1.65. The standard InChI is InChI=1S/C12H16N4O2/c1-16-8-14-15-11(16)7-13-6-9-4-3-5-10(18-2)12(9)17/h3-5,8,13,17H,6-7H2,1-2H3. The van der Waals surface area contributed by atoms with Crippen LogP contribution in [0.25, 0.3) is 0 Å². The van der Waals surface area contributed by atoms with E-state index in [-0.39, 0.29) is 5.75 Å². The number of rotatable bonds is 5. The van der Waals surface area contributed by atoms with E-state index in [9.17, 15) is 5.11 Å². The Morgan fingerprint density at radius 2 is 2.22 bits per heavy atom. The zero-order chi connectivity index (χ0) is 13.0. The molecular weight excluding hydrogens is 232 g/mol. The van der Waals surface area contributed by atoms with E-state index >= 15 is 0 Å². The van der Waals surface area contributed by atoms with Crippen LogP contribution in [0, 0.1) is 0 Å². The number of ether oxygens (including phenoxy) is 1. The van der Waals surface area contributed by atoms with Gasteiger partial charge in [-0.05, 0) is 6.07 Å². The second-order valence-electron chi connectivity index (χ2n) is 3.93. The smallest absolute Gasteiger partial charge is 0.162 e. The van der Waals surface area contributed by atoms with Gasteiger partial charge in [0.1, 0.15) is 12.2 Å². The highest BCUT2D eigenvalue weighted by molar-refractivity contribution is 5.45. The van der Waals surface area contributed by atoms with Crippen molar-refractivity contribution in [3.63, 3.8) is 0 Å². The van der Waals surface area contributed by atoms with Gasteiger partial charge in [-0.2, -0.15) is 0 Å². The molecule has 2 rings (SSSR count). The van der Waals surface area contributed by atoms with Gasteiger partial charge in [-0.15, -0.1) is 10.2 Å². The van der Waals surface area contributed by atoms with E-state index in [2.05, 4.69) is 15.5 Å². The van der Waals surface area contributed by atoms with Gasteiger partial charge in [0.25, 0.3) is 0 Å². The number of hydrogen-bond donors (Lipinski definition) is 2. The van der Waals surface area contributed by atoms with Crippen LogP contribution in [0.15, 0.2) is 24.5 Å². The molecule has 1 heterocycles. The Morgan fingerprint density at radius 1 is 1.39 bits per heavy atom. The molecule has 0 saturated carbocycles. The average Bonchev–Trinajstić information content (AvgIpc) is 2.77. The van der Waals surface area contributed by atoms with E-state index < -0.39 is 0 Å². The molecule has 0 aliphatic heterocycles. The Morgan fingerprint density at radius 3 is 2.89 bits per heavy atom. The third-order valence-electron chi connectivity index (χ3n) is 2.71. The quantitative estimate of drug-likeness (QED) is 0.819. The molecule has 18 heavy (non-hydrogen) atoms. The molecule has 0 spiro atoms.